The average molecular weight is 302 g/mol. The number of benzene rings is 1. The summed E-state index contributed by atoms with van der Waals surface area (Å²) in [6.45, 7) is 5.72. The maximum atomic E-state index is 11.0. The summed E-state index contributed by atoms with van der Waals surface area (Å²) in [5.74, 6) is 1.23. The molecule has 0 radical (unpaired) electrons. The molecule has 0 heterocycles. The lowest BCUT2D eigenvalue weighted by Crippen LogP contribution is -2.12. The molecule has 4 nitrogen and oxygen atoms in total. The van der Waals surface area contributed by atoms with Crippen molar-refractivity contribution in [3.63, 3.8) is 0 Å². The maximum absolute atomic E-state index is 11.0. The largest absolute Gasteiger partial charge is 0.493 e. The zero-order valence-electron chi connectivity index (χ0n) is 12.5. The van der Waals surface area contributed by atoms with Crippen molar-refractivity contribution in [3.05, 3.63) is 23.8 Å². The molecule has 0 aliphatic carbocycles. The molecule has 0 aliphatic rings. The SMILES string of the molecule is COc1cc([C@H](N)CCC(C)C)ccc1OC(C)=O.Cl. The molecule has 1 aromatic carbocycles. The van der Waals surface area contributed by atoms with Crippen LogP contribution < -0.4 is 15.2 Å². The van der Waals surface area contributed by atoms with E-state index in [1.165, 1.54) is 6.92 Å². The Balaban J connectivity index is 0.00000361. The highest BCUT2D eigenvalue weighted by molar-refractivity contribution is 5.85. The Labute approximate surface area is 127 Å². The summed E-state index contributed by atoms with van der Waals surface area (Å²) in [6.07, 6.45) is 2.00. The molecule has 1 rings (SSSR count). The van der Waals surface area contributed by atoms with Crippen molar-refractivity contribution in [2.24, 2.45) is 11.7 Å². The highest BCUT2D eigenvalue weighted by Gasteiger charge is 2.12. The van der Waals surface area contributed by atoms with Crippen LogP contribution in [0.4, 0.5) is 0 Å². The van der Waals surface area contributed by atoms with Crippen molar-refractivity contribution in [2.45, 2.75) is 39.7 Å². The van der Waals surface area contributed by atoms with Gasteiger partial charge in [-0.1, -0.05) is 19.9 Å². The Hall–Kier alpha value is -1.26. The lowest BCUT2D eigenvalue weighted by Gasteiger charge is -2.16. The van der Waals surface area contributed by atoms with Gasteiger partial charge in [-0.3, -0.25) is 4.79 Å². The molecule has 20 heavy (non-hydrogen) atoms. The van der Waals surface area contributed by atoms with Crippen LogP contribution in [0, 0.1) is 5.92 Å². The van der Waals surface area contributed by atoms with Crippen molar-refractivity contribution in [3.8, 4) is 11.5 Å². The quantitative estimate of drug-likeness (QED) is 0.645. The van der Waals surface area contributed by atoms with Crippen molar-refractivity contribution >= 4 is 18.4 Å². The van der Waals surface area contributed by atoms with Crippen LogP contribution in [-0.2, 0) is 4.79 Å². The Morgan fingerprint density at radius 1 is 1.25 bits per heavy atom. The molecule has 0 aromatic heterocycles. The van der Waals surface area contributed by atoms with E-state index in [9.17, 15) is 4.79 Å². The van der Waals surface area contributed by atoms with E-state index in [0.717, 1.165) is 18.4 Å². The van der Waals surface area contributed by atoms with Crippen LogP contribution in [0.2, 0.25) is 0 Å². The van der Waals surface area contributed by atoms with Crippen LogP contribution >= 0.6 is 12.4 Å². The van der Waals surface area contributed by atoms with E-state index in [2.05, 4.69) is 13.8 Å². The number of rotatable bonds is 6. The third-order valence-electron chi connectivity index (χ3n) is 2.92. The molecule has 5 heteroatoms. The molecule has 1 atom stereocenters. The maximum Gasteiger partial charge on any atom is 0.308 e. The van der Waals surface area contributed by atoms with Crippen LogP contribution in [0.5, 0.6) is 11.5 Å². The van der Waals surface area contributed by atoms with Gasteiger partial charge >= 0.3 is 5.97 Å². The van der Waals surface area contributed by atoms with Crippen LogP contribution in [0.15, 0.2) is 18.2 Å². The molecular weight excluding hydrogens is 278 g/mol. The highest BCUT2D eigenvalue weighted by atomic mass is 35.5. The van der Waals surface area contributed by atoms with Gasteiger partial charge in [0.2, 0.25) is 0 Å². The normalized spacial score (nSPS) is 11.7. The first-order chi connectivity index (χ1) is 8.93. The zero-order valence-corrected chi connectivity index (χ0v) is 13.3. The van der Waals surface area contributed by atoms with Gasteiger partial charge in [-0.25, -0.2) is 0 Å². The number of carbonyl (C=O) groups excluding carboxylic acids is 1. The standard InChI is InChI=1S/C15H23NO3.ClH/c1-10(2)5-7-13(16)12-6-8-14(19-11(3)17)15(9-12)18-4;/h6,8-10,13H,5,7,16H2,1-4H3;1H/t13-;/m1./s1. The second-order valence-corrected chi connectivity index (χ2v) is 5.08. The minimum atomic E-state index is -0.366. The summed E-state index contributed by atoms with van der Waals surface area (Å²) in [6, 6.07) is 5.42. The Morgan fingerprint density at radius 2 is 1.90 bits per heavy atom. The lowest BCUT2D eigenvalue weighted by atomic mass is 9.98. The molecule has 0 saturated heterocycles. The summed E-state index contributed by atoms with van der Waals surface area (Å²) >= 11 is 0. The molecule has 0 fully saturated rings. The Bertz CT molecular complexity index is 435. The monoisotopic (exact) mass is 301 g/mol. The van der Waals surface area contributed by atoms with Crippen LogP contribution in [-0.4, -0.2) is 13.1 Å². The highest BCUT2D eigenvalue weighted by Crippen LogP contribution is 2.31. The van der Waals surface area contributed by atoms with Gasteiger partial charge in [-0.05, 0) is 36.5 Å². The van der Waals surface area contributed by atoms with Gasteiger partial charge in [0.15, 0.2) is 11.5 Å². The van der Waals surface area contributed by atoms with Crippen LogP contribution in [0.25, 0.3) is 0 Å². The summed E-state index contributed by atoms with van der Waals surface area (Å²) in [7, 11) is 1.55. The zero-order chi connectivity index (χ0) is 14.4. The van der Waals surface area contributed by atoms with E-state index in [0.29, 0.717) is 17.4 Å². The molecule has 0 amide bonds. The van der Waals surface area contributed by atoms with E-state index in [-0.39, 0.29) is 24.4 Å². The minimum absolute atomic E-state index is 0. The van der Waals surface area contributed by atoms with Crippen LogP contribution in [0.1, 0.15) is 45.2 Å². The molecule has 0 spiro atoms. The first-order valence-electron chi connectivity index (χ1n) is 6.56. The fourth-order valence-electron chi connectivity index (χ4n) is 1.83. The molecule has 0 bridgehead atoms. The van der Waals surface area contributed by atoms with Gasteiger partial charge in [0.1, 0.15) is 0 Å². The van der Waals surface area contributed by atoms with E-state index >= 15 is 0 Å². The number of ether oxygens (including phenoxy) is 2. The van der Waals surface area contributed by atoms with Gasteiger partial charge in [0.05, 0.1) is 7.11 Å². The number of esters is 1. The summed E-state index contributed by atoms with van der Waals surface area (Å²) < 4.78 is 10.3. The van der Waals surface area contributed by atoms with E-state index in [1.807, 2.05) is 12.1 Å². The van der Waals surface area contributed by atoms with Crippen molar-refractivity contribution in [2.75, 3.05) is 7.11 Å². The minimum Gasteiger partial charge on any atom is -0.493 e. The van der Waals surface area contributed by atoms with Gasteiger partial charge in [-0.15, -0.1) is 12.4 Å². The smallest absolute Gasteiger partial charge is 0.308 e. The molecule has 2 N–H and O–H groups in total. The number of nitrogens with two attached hydrogens (primary N) is 1. The third kappa shape index (κ3) is 5.80. The van der Waals surface area contributed by atoms with Gasteiger partial charge in [0.25, 0.3) is 0 Å². The van der Waals surface area contributed by atoms with Gasteiger partial charge < -0.3 is 15.2 Å². The van der Waals surface area contributed by atoms with Crippen molar-refractivity contribution in [1.82, 2.24) is 0 Å². The van der Waals surface area contributed by atoms with Gasteiger partial charge in [0, 0.05) is 13.0 Å². The van der Waals surface area contributed by atoms with E-state index in [4.69, 9.17) is 15.2 Å². The molecular formula is C15H24ClNO3. The topological polar surface area (TPSA) is 61.6 Å². The van der Waals surface area contributed by atoms with Crippen LogP contribution in [0.3, 0.4) is 0 Å². The fourth-order valence-corrected chi connectivity index (χ4v) is 1.83. The predicted octanol–water partition coefficient (Wildman–Crippen LogP) is 3.48. The first-order valence-corrected chi connectivity index (χ1v) is 6.56. The van der Waals surface area contributed by atoms with E-state index in [1.54, 1.807) is 13.2 Å². The number of hydrogen-bond donors (Lipinski definition) is 1. The summed E-state index contributed by atoms with van der Waals surface area (Å²) in [5, 5.41) is 0. The lowest BCUT2D eigenvalue weighted by molar-refractivity contribution is -0.132. The second-order valence-electron chi connectivity index (χ2n) is 5.08. The Morgan fingerprint density at radius 3 is 2.40 bits per heavy atom. The van der Waals surface area contributed by atoms with Crippen molar-refractivity contribution in [1.29, 1.82) is 0 Å². The van der Waals surface area contributed by atoms with Gasteiger partial charge in [-0.2, -0.15) is 0 Å². The fraction of sp³-hybridized carbons (Fsp3) is 0.533. The molecule has 0 unspecified atom stereocenters. The third-order valence-corrected chi connectivity index (χ3v) is 2.92. The molecule has 114 valence electrons. The average Bonchev–Trinajstić information content (AvgIpc) is 2.35. The number of carbonyl (C=O) groups is 1. The second kappa shape index (κ2) is 8.82. The van der Waals surface area contributed by atoms with E-state index < -0.39 is 0 Å². The number of hydrogen-bond acceptors (Lipinski definition) is 4. The molecule has 0 saturated carbocycles. The molecule has 1 aromatic rings. The summed E-state index contributed by atoms with van der Waals surface area (Å²) in [5.41, 5.74) is 7.15. The predicted molar refractivity (Wildman–Crippen MR) is 82.6 cm³/mol. The molecule has 0 aliphatic heterocycles. The number of methoxy groups -OCH3 is 1. The first kappa shape index (κ1) is 18.7. The number of halogens is 1. The Kier molecular flexibility index (Phi) is 8.26. The summed E-state index contributed by atoms with van der Waals surface area (Å²) in [4.78, 5) is 11.0. The van der Waals surface area contributed by atoms with Crippen molar-refractivity contribution < 1.29 is 14.3 Å².